The van der Waals surface area contributed by atoms with E-state index in [2.05, 4.69) is 5.32 Å². The van der Waals surface area contributed by atoms with Gasteiger partial charge in [0.15, 0.2) is 0 Å². The summed E-state index contributed by atoms with van der Waals surface area (Å²) in [6, 6.07) is 39.6. The van der Waals surface area contributed by atoms with Crippen molar-refractivity contribution in [3.05, 3.63) is 173 Å². The van der Waals surface area contributed by atoms with Gasteiger partial charge in [-0.1, -0.05) is 84.4 Å². The fourth-order valence-electron chi connectivity index (χ4n) is 6.61. The Morgan fingerprint density at radius 2 is 1.19 bits per heavy atom. The molecule has 0 aliphatic rings. The van der Waals surface area contributed by atoms with E-state index in [0.717, 1.165) is 10.3 Å². The lowest BCUT2D eigenvalue weighted by Crippen LogP contribution is -2.37. The van der Waals surface area contributed by atoms with E-state index in [1.807, 2.05) is 12.1 Å². The Morgan fingerprint density at radius 1 is 0.698 bits per heavy atom. The molecule has 0 aliphatic carbocycles. The number of benzene rings is 5. The summed E-state index contributed by atoms with van der Waals surface area (Å²) in [5.74, 6) is -3.49. The molecule has 0 spiro atoms. The molecule has 2 heterocycles. The van der Waals surface area contributed by atoms with Gasteiger partial charge in [0, 0.05) is 56.6 Å². The van der Waals surface area contributed by atoms with Gasteiger partial charge in [-0.15, -0.1) is 0 Å². The van der Waals surface area contributed by atoms with Crippen molar-refractivity contribution >= 4 is 86.6 Å². The van der Waals surface area contributed by atoms with E-state index in [4.69, 9.17) is 21.4 Å². The van der Waals surface area contributed by atoms with E-state index in [9.17, 15) is 39.6 Å². The van der Waals surface area contributed by atoms with Gasteiger partial charge in [-0.2, -0.15) is 10.5 Å². The number of nitriles is 2. The van der Waals surface area contributed by atoms with Crippen molar-refractivity contribution in [1.29, 1.82) is 10.5 Å². The first-order valence-electron chi connectivity index (χ1n) is 18.9. The first kappa shape index (κ1) is 43.8. The third kappa shape index (κ3) is 10.4. The molecule has 14 nitrogen and oxygen atoms in total. The Hall–Kier alpha value is -8.72. The Kier molecular flexibility index (Phi) is 13.9. The maximum Gasteiger partial charge on any atom is 0.323 e. The van der Waals surface area contributed by atoms with Crippen LogP contribution in [0.2, 0.25) is 5.02 Å². The number of aliphatic carboxylic acids is 2. The molecule has 7 rings (SSSR count). The second kappa shape index (κ2) is 20.0. The number of fused-ring (bicyclic) bond motifs is 2. The van der Waals surface area contributed by atoms with Gasteiger partial charge < -0.3 is 29.4 Å². The number of hydrogen-bond acceptors (Lipinski definition) is 8. The molecule has 63 heavy (non-hydrogen) atoms. The number of para-hydroxylation sites is 3. The van der Waals surface area contributed by atoms with Crippen LogP contribution in [-0.4, -0.2) is 56.1 Å². The minimum absolute atomic E-state index is 0.129. The number of nitrogens with zero attached hydrogens (tertiary/aromatic N) is 5. The molecule has 0 unspecified atom stereocenters. The van der Waals surface area contributed by atoms with Crippen LogP contribution in [0.15, 0.2) is 151 Å². The van der Waals surface area contributed by atoms with Gasteiger partial charge in [0.25, 0.3) is 17.7 Å². The standard InChI is InChI=1S/C27H19N3O4.C21H16ClN3O4/c28-16-20(15-21-17-29(18-25(31)32)24-14-8-7-13-23(21)24)27(34)30(22-11-5-2-6-12-22)26(33)19-9-3-1-4-10-19;1-29-19-7-6-15(9-17(19)22)24-21(28)13(10-23)8-14-11-25(12-20(26)27)18-5-3-2-4-16(14)18/h1-15,17H,18H2,(H,31,32);2-9,11H,12H2,1H3,(H,24,28)(H,26,27). The third-order valence-corrected chi connectivity index (χ3v) is 9.71. The highest BCUT2D eigenvalue weighted by Gasteiger charge is 2.28. The molecule has 5 aromatic carbocycles. The SMILES string of the molecule is COc1ccc(NC(=O)C(C#N)=Cc2cn(CC(=O)O)c3ccccc23)cc1Cl.N#CC(=Cc1cn(CC(=O)O)c2ccccc12)C(=O)N(C(=O)c1ccccc1)c1ccccc1. The van der Waals surface area contributed by atoms with Crippen molar-refractivity contribution in [2.24, 2.45) is 0 Å². The van der Waals surface area contributed by atoms with Gasteiger partial charge in [0.1, 0.15) is 42.1 Å². The fraction of sp³-hybridized carbons (Fsp3) is 0.0625. The molecule has 0 bridgehead atoms. The third-order valence-electron chi connectivity index (χ3n) is 9.42. The molecular weight excluding hydrogens is 824 g/mol. The van der Waals surface area contributed by atoms with Crippen molar-refractivity contribution in [2.45, 2.75) is 13.1 Å². The molecule has 7 aromatic rings. The molecule has 3 amide bonds. The van der Waals surface area contributed by atoms with Gasteiger partial charge in [-0.05, 0) is 66.7 Å². The van der Waals surface area contributed by atoms with Crippen molar-refractivity contribution in [2.75, 3.05) is 17.3 Å². The highest BCUT2D eigenvalue weighted by molar-refractivity contribution is 6.32. The molecule has 0 fully saturated rings. The zero-order chi connectivity index (χ0) is 45.0. The van der Waals surface area contributed by atoms with E-state index >= 15 is 0 Å². The summed E-state index contributed by atoms with van der Waals surface area (Å²) in [5, 5.41) is 42.0. The summed E-state index contributed by atoms with van der Waals surface area (Å²) < 4.78 is 8.16. The highest BCUT2D eigenvalue weighted by atomic mass is 35.5. The normalized spacial score (nSPS) is 11.1. The van der Waals surface area contributed by atoms with Crippen LogP contribution in [0, 0.1) is 22.7 Å². The van der Waals surface area contributed by atoms with Gasteiger partial charge in [-0.25, -0.2) is 4.90 Å². The summed E-state index contributed by atoms with van der Waals surface area (Å²) in [4.78, 5) is 62.7. The largest absolute Gasteiger partial charge is 0.495 e. The van der Waals surface area contributed by atoms with E-state index in [0.29, 0.717) is 55.3 Å². The van der Waals surface area contributed by atoms with Gasteiger partial charge >= 0.3 is 11.9 Å². The topological polar surface area (TPSA) is 208 Å². The molecule has 0 saturated carbocycles. The molecular formula is C48H35ClN6O8. The van der Waals surface area contributed by atoms with Crippen LogP contribution in [-0.2, 0) is 32.3 Å². The highest BCUT2D eigenvalue weighted by Crippen LogP contribution is 2.29. The Morgan fingerprint density at radius 3 is 1.68 bits per heavy atom. The zero-order valence-corrected chi connectivity index (χ0v) is 34.1. The molecule has 312 valence electrons. The second-order valence-electron chi connectivity index (χ2n) is 13.5. The van der Waals surface area contributed by atoms with Crippen LogP contribution >= 0.6 is 11.6 Å². The minimum atomic E-state index is -1.02. The number of aromatic nitrogens is 2. The van der Waals surface area contributed by atoms with E-state index in [1.165, 1.54) is 29.9 Å². The van der Waals surface area contributed by atoms with Crippen LogP contribution in [0.3, 0.4) is 0 Å². The summed E-state index contributed by atoms with van der Waals surface area (Å²) in [7, 11) is 1.48. The lowest BCUT2D eigenvalue weighted by Gasteiger charge is -2.20. The van der Waals surface area contributed by atoms with Crippen molar-refractivity contribution < 1.29 is 38.9 Å². The average molecular weight is 859 g/mol. The number of anilines is 2. The van der Waals surface area contributed by atoms with E-state index in [-0.39, 0.29) is 24.2 Å². The van der Waals surface area contributed by atoms with Crippen molar-refractivity contribution in [1.82, 2.24) is 9.13 Å². The second-order valence-corrected chi connectivity index (χ2v) is 13.9. The molecule has 0 atom stereocenters. The van der Waals surface area contributed by atoms with Crippen molar-refractivity contribution in [3.8, 4) is 17.9 Å². The Bertz CT molecular complexity index is 3030. The van der Waals surface area contributed by atoms with Crippen LogP contribution < -0.4 is 15.0 Å². The van der Waals surface area contributed by atoms with Crippen LogP contribution in [0.25, 0.3) is 34.0 Å². The number of hydrogen-bond donors (Lipinski definition) is 3. The summed E-state index contributed by atoms with van der Waals surface area (Å²) in [6.45, 7) is -0.500. The number of nitrogens with one attached hydrogen (secondary N) is 1. The Balaban J connectivity index is 0.000000213. The molecule has 3 N–H and O–H groups in total. The maximum atomic E-state index is 13.5. The first-order valence-corrected chi connectivity index (χ1v) is 19.3. The summed E-state index contributed by atoms with van der Waals surface area (Å²) in [5.41, 5.74) is 3.08. The molecule has 0 aliphatic heterocycles. The van der Waals surface area contributed by atoms with Crippen LogP contribution in [0.4, 0.5) is 11.4 Å². The number of carboxylic acids is 2. The monoisotopic (exact) mass is 858 g/mol. The lowest BCUT2D eigenvalue weighted by atomic mass is 10.1. The number of halogens is 1. The number of carbonyl (C=O) groups is 5. The fourth-order valence-corrected chi connectivity index (χ4v) is 6.87. The lowest BCUT2D eigenvalue weighted by molar-refractivity contribution is -0.138. The number of methoxy groups -OCH3 is 1. The number of carboxylic acid groups (broad SMARTS) is 2. The predicted octanol–water partition coefficient (Wildman–Crippen LogP) is 8.44. The first-order chi connectivity index (χ1) is 30.4. The van der Waals surface area contributed by atoms with Crippen LogP contribution in [0.5, 0.6) is 5.75 Å². The van der Waals surface area contributed by atoms with Crippen LogP contribution in [0.1, 0.15) is 21.5 Å². The zero-order valence-electron chi connectivity index (χ0n) is 33.3. The Labute approximate surface area is 365 Å². The van der Waals surface area contributed by atoms with E-state index < -0.39 is 29.7 Å². The summed E-state index contributed by atoms with van der Waals surface area (Å²) >= 11 is 6.06. The molecule has 15 heteroatoms. The van der Waals surface area contributed by atoms with Gasteiger partial charge in [0.2, 0.25) is 0 Å². The number of imide groups is 1. The number of ether oxygens (including phenoxy) is 1. The van der Waals surface area contributed by atoms with E-state index in [1.54, 1.807) is 138 Å². The molecule has 0 radical (unpaired) electrons. The number of carbonyl (C=O) groups excluding carboxylic acids is 3. The van der Waals surface area contributed by atoms with Gasteiger partial charge in [0.05, 0.1) is 17.8 Å². The quantitative estimate of drug-likeness (QED) is 0.0789. The predicted molar refractivity (Wildman–Crippen MR) is 238 cm³/mol. The van der Waals surface area contributed by atoms with Crippen molar-refractivity contribution in [3.63, 3.8) is 0 Å². The number of amides is 3. The minimum Gasteiger partial charge on any atom is -0.495 e. The molecule has 0 saturated heterocycles. The number of rotatable bonds is 12. The smallest absolute Gasteiger partial charge is 0.323 e. The molecule has 2 aromatic heterocycles. The average Bonchev–Trinajstić information content (AvgIpc) is 3.81. The summed E-state index contributed by atoms with van der Waals surface area (Å²) in [6.07, 6.45) is 6.00. The maximum absolute atomic E-state index is 13.5. The van der Waals surface area contributed by atoms with Gasteiger partial charge in [-0.3, -0.25) is 24.0 Å².